The third-order valence-corrected chi connectivity index (χ3v) is 5.77. The molecule has 2 rings (SSSR count). The molecule has 1 saturated carbocycles. The second kappa shape index (κ2) is 10.2. The van der Waals surface area contributed by atoms with Gasteiger partial charge in [-0.05, 0) is 64.4 Å². The number of guanidine groups is 1. The second-order valence-corrected chi connectivity index (χ2v) is 7.35. The molecule has 1 aliphatic heterocycles. The summed E-state index contributed by atoms with van der Waals surface area (Å²) in [7, 11) is 4.09. The van der Waals surface area contributed by atoms with Gasteiger partial charge in [-0.15, -0.1) is 24.0 Å². The van der Waals surface area contributed by atoms with Crippen molar-refractivity contribution in [3.05, 3.63) is 0 Å². The molecule has 0 aromatic carbocycles. The average Bonchev–Trinajstić information content (AvgIpc) is 2.93. The minimum absolute atomic E-state index is 0. The van der Waals surface area contributed by atoms with E-state index >= 15 is 0 Å². The van der Waals surface area contributed by atoms with E-state index < -0.39 is 0 Å². The third kappa shape index (κ3) is 6.52. The summed E-state index contributed by atoms with van der Waals surface area (Å²) < 4.78 is 0. The van der Waals surface area contributed by atoms with Gasteiger partial charge in [0.2, 0.25) is 0 Å². The summed E-state index contributed by atoms with van der Waals surface area (Å²) in [5, 5.41) is 7.95. The van der Waals surface area contributed by atoms with Gasteiger partial charge in [-0.3, -0.25) is 4.99 Å². The average molecular weight is 426 g/mol. The van der Waals surface area contributed by atoms with Crippen molar-refractivity contribution in [1.29, 1.82) is 0 Å². The molecule has 1 heterocycles. The molecule has 2 fully saturated rings. The molecule has 0 amide bonds. The molecule has 0 aromatic rings. The van der Waals surface area contributed by atoms with Gasteiger partial charge in [0, 0.05) is 24.9 Å². The monoisotopic (exact) mass is 426 g/mol. The van der Waals surface area contributed by atoms with Crippen molar-refractivity contribution in [3.8, 4) is 0 Å². The Hall–Kier alpha value is 0.310. The number of hydrogen-bond acceptors (Lipinski definition) is 3. The quantitative estimate of drug-likeness (QED) is 0.412. The van der Waals surface area contributed by atoms with E-state index in [1.54, 1.807) is 0 Å². The molecule has 1 aliphatic carbocycles. The number of likely N-dealkylation sites (tertiary alicyclic amines) is 1. The Morgan fingerprint density at radius 2 is 1.95 bits per heavy atom. The summed E-state index contributed by atoms with van der Waals surface area (Å²) in [6.07, 6.45) is 8.72. The zero-order valence-corrected chi connectivity index (χ0v) is 16.7. The minimum Gasteiger partial charge on any atom is -0.356 e. The molecule has 6 heteroatoms. The van der Waals surface area contributed by atoms with Gasteiger partial charge in [0.25, 0.3) is 0 Å². The number of halogens is 1. The minimum atomic E-state index is 0. The molecule has 2 N–H and O–H groups in total. The fourth-order valence-corrected chi connectivity index (χ4v) is 3.98. The molecule has 0 bridgehead atoms. The number of nitrogens with one attached hydrogen (secondary N) is 2. The highest BCUT2D eigenvalue weighted by Gasteiger charge is 2.24. The lowest BCUT2D eigenvalue weighted by atomic mass is 9.97. The van der Waals surface area contributed by atoms with E-state index in [-0.39, 0.29) is 24.0 Å². The van der Waals surface area contributed by atoms with Crippen LogP contribution in [0.15, 0.2) is 4.99 Å². The van der Waals surface area contributed by atoms with Crippen LogP contribution in [0.2, 0.25) is 0 Å². The molecule has 2 aliphatic rings. The van der Waals surface area contributed by atoms with Gasteiger partial charge in [0.1, 0.15) is 0 Å². The Kier molecular flexibility index (Phi) is 9.36. The van der Waals surface area contributed by atoms with E-state index in [2.05, 4.69) is 33.8 Å². The first-order valence-corrected chi connectivity index (χ1v) is 9.18. The molecule has 0 aromatic heterocycles. The lowest BCUT2D eigenvalue weighted by Crippen LogP contribution is -2.45. The Balaban J connectivity index is 0.00000220. The molecule has 21 heavy (non-hydrogen) atoms. The molecule has 4 nitrogen and oxygen atoms in total. The van der Waals surface area contributed by atoms with Crippen LogP contribution in [0, 0.1) is 5.92 Å². The first-order chi connectivity index (χ1) is 9.71. The van der Waals surface area contributed by atoms with Crippen LogP contribution in [0.1, 0.15) is 32.1 Å². The first-order valence-electron chi connectivity index (χ1n) is 7.89. The zero-order valence-electron chi connectivity index (χ0n) is 13.6. The van der Waals surface area contributed by atoms with Crippen LogP contribution in [0.5, 0.6) is 0 Å². The Morgan fingerprint density at radius 1 is 1.24 bits per heavy atom. The summed E-state index contributed by atoms with van der Waals surface area (Å²) >= 11 is 2.00. The van der Waals surface area contributed by atoms with E-state index in [0.29, 0.717) is 6.04 Å². The van der Waals surface area contributed by atoms with Crippen molar-refractivity contribution in [2.45, 2.75) is 43.4 Å². The second-order valence-electron chi connectivity index (χ2n) is 6.21. The maximum Gasteiger partial charge on any atom is 0.191 e. The van der Waals surface area contributed by atoms with Crippen molar-refractivity contribution in [2.75, 3.05) is 40.0 Å². The predicted molar refractivity (Wildman–Crippen MR) is 105 cm³/mol. The normalized spacial score (nSPS) is 28.2. The van der Waals surface area contributed by atoms with Crippen LogP contribution in [0.4, 0.5) is 0 Å². The predicted octanol–water partition coefficient (Wildman–Crippen LogP) is 2.40. The lowest BCUT2D eigenvalue weighted by Gasteiger charge is -2.29. The number of piperidine rings is 1. The topological polar surface area (TPSA) is 39.7 Å². The molecule has 0 spiro atoms. The van der Waals surface area contributed by atoms with Gasteiger partial charge in [0.15, 0.2) is 5.96 Å². The van der Waals surface area contributed by atoms with E-state index in [9.17, 15) is 0 Å². The first kappa shape index (κ1) is 19.4. The molecule has 2 unspecified atom stereocenters. The van der Waals surface area contributed by atoms with Gasteiger partial charge in [-0.25, -0.2) is 0 Å². The largest absolute Gasteiger partial charge is 0.356 e. The summed E-state index contributed by atoms with van der Waals surface area (Å²) in [4.78, 5) is 6.80. The van der Waals surface area contributed by atoms with Crippen LogP contribution < -0.4 is 10.6 Å². The number of rotatable bonds is 4. The molecule has 1 saturated heterocycles. The number of hydrogen-bond donors (Lipinski definition) is 2. The molecular weight excluding hydrogens is 395 g/mol. The molecule has 124 valence electrons. The van der Waals surface area contributed by atoms with Crippen LogP contribution in [-0.4, -0.2) is 62.1 Å². The fraction of sp³-hybridized carbons (Fsp3) is 0.933. The maximum absolute atomic E-state index is 4.38. The van der Waals surface area contributed by atoms with Crippen molar-refractivity contribution >= 4 is 41.7 Å². The summed E-state index contributed by atoms with van der Waals surface area (Å²) in [5.41, 5.74) is 0. The Labute approximate surface area is 151 Å². The highest BCUT2D eigenvalue weighted by molar-refractivity contribution is 14.0. The highest BCUT2D eigenvalue weighted by atomic mass is 127. The Bertz CT molecular complexity index is 319. The fourth-order valence-electron chi connectivity index (χ4n) is 3.18. The van der Waals surface area contributed by atoms with E-state index in [0.717, 1.165) is 23.7 Å². The lowest BCUT2D eigenvalue weighted by molar-refractivity contribution is 0.220. The van der Waals surface area contributed by atoms with Crippen LogP contribution >= 0.6 is 35.7 Å². The van der Waals surface area contributed by atoms with Crippen molar-refractivity contribution in [2.24, 2.45) is 10.9 Å². The summed E-state index contributed by atoms with van der Waals surface area (Å²) in [5.74, 6) is 1.79. The number of aliphatic imine (C=N–C) groups is 1. The van der Waals surface area contributed by atoms with Gasteiger partial charge >= 0.3 is 0 Å². The van der Waals surface area contributed by atoms with E-state index in [1.807, 2.05) is 18.8 Å². The number of thioether (sulfide) groups is 1. The van der Waals surface area contributed by atoms with Gasteiger partial charge in [-0.1, -0.05) is 0 Å². The highest BCUT2D eigenvalue weighted by Crippen LogP contribution is 2.28. The summed E-state index contributed by atoms with van der Waals surface area (Å²) in [6, 6.07) is 0.608. The number of nitrogens with zero attached hydrogens (tertiary/aromatic N) is 2. The van der Waals surface area contributed by atoms with Gasteiger partial charge in [-0.2, -0.15) is 11.8 Å². The SMILES string of the molecule is CN=C(NCC1CCN(C)CC1)NC1CCC(SC)C1.I. The van der Waals surface area contributed by atoms with Gasteiger partial charge in [0.05, 0.1) is 0 Å². The smallest absolute Gasteiger partial charge is 0.191 e. The third-order valence-electron chi connectivity index (χ3n) is 4.68. The molecule has 2 atom stereocenters. The van der Waals surface area contributed by atoms with Crippen LogP contribution in [0.3, 0.4) is 0 Å². The zero-order chi connectivity index (χ0) is 14.4. The molecule has 0 radical (unpaired) electrons. The van der Waals surface area contributed by atoms with Crippen molar-refractivity contribution in [3.63, 3.8) is 0 Å². The van der Waals surface area contributed by atoms with Crippen molar-refractivity contribution in [1.82, 2.24) is 15.5 Å². The van der Waals surface area contributed by atoms with Crippen LogP contribution in [0.25, 0.3) is 0 Å². The molecular formula is C15H31IN4S. The summed E-state index contributed by atoms with van der Waals surface area (Å²) in [6.45, 7) is 3.53. The van der Waals surface area contributed by atoms with Crippen molar-refractivity contribution < 1.29 is 0 Å². The van der Waals surface area contributed by atoms with E-state index in [1.165, 1.54) is 45.2 Å². The Morgan fingerprint density at radius 3 is 2.52 bits per heavy atom. The van der Waals surface area contributed by atoms with E-state index in [4.69, 9.17) is 0 Å². The standard InChI is InChI=1S/C15H30N4S.HI/c1-16-15(18-13-4-5-14(10-13)20-3)17-11-12-6-8-19(2)9-7-12;/h12-14H,4-11H2,1-3H3,(H2,16,17,18);1H. The van der Waals surface area contributed by atoms with Crippen LogP contribution in [-0.2, 0) is 0 Å². The maximum atomic E-state index is 4.38. The van der Waals surface area contributed by atoms with Gasteiger partial charge < -0.3 is 15.5 Å².